The number of rotatable bonds is 5. The molecule has 0 saturated carbocycles. The van der Waals surface area contributed by atoms with Crippen LogP contribution in [0, 0.1) is 0 Å². The van der Waals surface area contributed by atoms with E-state index in [2.05, 4.69) is 6.92 Å². The number of hydrogen-bond donors (Lipinski definition) is 1. The van der Waals surface area contributed by atoms with Gasteiger partial charge in [0.05, 0.1) is 19.3 Å². The largest absolute Gasteiger partial charge is 0.501 e. The van der Waals surface area contributed by atoms with Crippen molar-refractivity contribution in [3.63, 3.8) is 0 Å². The molecule has 0 amide bonds. The van der Waals surface area contributed by atoms with E-state index in [4.69, 9.17) is 9.47 Å². The number of carbonyl (C=O) groups excluding carboxylic acids is 1. The lowest BCUT2D eigenvalue weighted by molar-refractivity contribution is -0.152. The molecule has 0 radical (unpaired) electrons. The highest BCUT2D eigenvalue weighted by Crippen LogP contribution is 2.21. The minimum absolute atomic E-state index is 0.432. The van der Waals surface area contributed by atoms with Crippen molar-refractivity contribution < 1.29 is 19.4 Å². The standard InChI is InChI=1S/C11H18O4/c1-3-4-5-9(12)10-6-8(14-2)7-11(13)15-10/h7,9-10,12H,3-6H2,1-2H3/t9-,10-/m1/s1. The monoisotopic (exact) mass is 214 g/mol. The van der Waals surface area contributed by atoms with Crippen molar-refractivity contribution in [3.05, 3.63) is 11.8 Å². The number of carbonyl (C=O) groups is 1. The van der Waals surface area contributed by atoms with Gasteiger partial charge in [-0.15, -0.1) is 0 Å². The van der Waals surface area contributed by atoms with Crippen molar-refractivity contribution in [2.75, 3.05) is 7.11 Å². The van der Waals surface area contributed by atoms with Crippen LogP contribution in [0.15, 0.2) is 11.8 Å². The zero-order valence-corrected chi connectivity index (χ0v) is 9.23. The van der Waals surface area contributed by atoms with Crippen LogP contribution in [0.4, 0.5) is 0 Å². The first kappa shape index (κ1) is 12.0. The molecule has 1 rings (SSSR count). The van der Waals surface area contributed by atoms with E-state index < -0.39 is 18.2 Å². The fourth-order valence-electron chi connectivity index (χ4n) is 1.57. The first-order valence-electron chi connectivity index (χ1n) is 5.30. The number of cyclic esters (lactones) is 1. The van der Waals surface area contributed by atoms with Crippen LogP contribution in [-0.4, -0.2) is 30.4 Å². The second-order valence-corrected chi connectivity index (χ2v) is 3.70. The quantitative estimate of drug-likeness (QED) is 0.702. The Morgan fingerprint density at radius 3 is 3.07 bits per heavy atom. The molecular formula is C11H18O4. The molecule has 4 heteroatoms. The SMILES string of the molecule is CCCC[C@@H](O)[C@H]1CC(OC)=CC(=O)O1. The van der Waals surface area contributed by atoms with Gasteiger partial charge in [-0.05, 0) is 6.42 Å². The average molecular weight is 214 g/mol. The Kier molecular flexibility index (Phi) is 4.62. The first-order chi connectivity index (χ1) is 7.17. The van der Waals surface area contributed by atoms with Crippen LogP contribution in [0.5, 0.6) is 0 Å². The smallest absolute Gasteiger partial charge is 0.334 e. The number of ether oxygens (including phenoxy) is 2. The van der Waals surface area contributed by atoms with Gasteiger partial charge in [-0.1, -0.05) is 19.8 Å². The summed E-state index contributed by atoms with van der Waals surface area (Å²) in [5, 5.41) is 9.78. The van der Waals surface area contributed by atoms with Gasteiger partial charge >= 0.3 is 5.97 Å². The molecule has 0 saturated heterocycles. The van der Waals surface area contributed by atoms with Gasteiger partial charge in [-0.3, -0.25) is 0 Å². The molecule has 0 unspecified atom stereocenters. The Balaban J connectivity index is 2.50. The molecule has 0 spiro atoms. The summed E-state index contributed by atoms with van der Waals surface area (Å²) < 4.78 is 10.0. The van der Waals surface area contributed by atoms with Crippen LogP contribution in [0.25, 0.3) is 0 Å². The summed E-state index contributed by atoms with van der Waals surface area (Å²) in [6.07, 6.45) is 3.35. The van der Waals surface area contributed by atoms with E-state index in [1.165, 1.54) is 13.2 Å². The molecule has 0 aliphatic carbocycles. The first-order valence-corrected chi connectivity index (χ1v) is 5.30. The van der Waals surface area contributed by atoms with E-state index >= 15 is 0 Å². The average Bonchev–Trinajstić information content (AvgIpc) is 2.24. The Labute approximate surface area is 89.9 Å². The summed E-state index contributed by atoms with van der Waals surface area (Å²) in [5.74, 6) is 0.144. The van der Waals surface area contributed by atoms with E-state index in [1.807, 2.05) is 0 Å². The van der Waals surface area contributed by atoms with Gasteiger partial charge in [-0.2, -0.15) is 0 Å². The van der Waals surface area contributed by atoms with Crippen LogP contribution >= 0.6 is 0 Å². The highest BCUT2D eigenvalue weighted by molar-refractivity contribution is 5.83. The second-order valence-electron chi connectivity index (χ2n) is 3.70. The minimum atomic E-state index is -0.590. The molecule has 0 aromatic heterocycles. The minimum Gasteiger partial charge on any atom is -0.501 e. The normalized spacial score (nSPS) is 23.0. The Hall–Kier alpha value is -1.03. The molecular weight excluding hydrogens is 196 g/mol. The van der Waals surface area contributed by atoms with E-state index in [0.717, 1.165) is 12.8 Å². The highest BCUT2D eigenvalue weighted by Gasteiger charge is 2.28. The predicted molar refractivity (Wildman–Crippen MR) is 55.1 cm³/mol. The van der Waals surface area contributed by atoms with Crippen molar-refractivity contribution in [1.29, 1.82) is 0 Å². The molecule has 15 heavy (non-hydrogen) atoms. The number of aliphatic hydroxyl groups excluding tert-OH is 1. The Bertz CT molecular complexity index is 247. The zero-order valence-electron chi connectivity index (χ0n) is 9.23. The molecule has 1 aliphatic rings. The summed E-state index contributed by atoms with van der Waals surface area (Å²) in [4.78, 5) is 11.1. The van der Waals surface area contributed by atoms with E-state index in [1.54, 1.807) is 0 Å². The summed E-state index contributed by atoms with van der Waals surface area (Å²) in [6.45, 7) is 2.06. The van der Waals surface area contributed by atoms with E-state index in [9.17, 15) is 9.90 Å². The lowest BCUT2D eigenvalue weighted by atomic mass is 10.0. The van der Waals surface area contributed by atoms with Gasteiger partial charge in [0.1, 0.15) is 11.9 Å². The third kappa shape index (κ3) is 3.55. The van der Waals surface area contributed by atoms with Crippen LogP contribution in [-0.2, 0) is 14.3 Å². The molecule has 0 fully saturated rings. The third-order valence-electron chi connectivity index (χ3n) is 2.49. The summed E-state index contributed by atoms with van der Waals surface area (Å²) >= 11 is 0. The van der Waals surface area contributed by atoms with Crippen molar-refractivity contribution in [2.24, 2.45) is 0 Å². The van der Waals surface area contributed by atoms with E-state index in [-0.39, 0.29) is 0 Å². The number of hydrogen-bond acceptors (Lipinski definition) is 4. The van der Waals surface area contributed by atoms with Crippen molar-refractivity contribution >= 4 is 5.97 Å². The Morgan fingerprint density at radius 2 is 2.47 bits per heavy atom. The van der Waals surface area contributed by atoms with Crippen molar-refractivity contribution in [1.82, 2.24) is 0 Å². The molecule has 1 heterocycles. The molecule has 0 bridgehead atoms. The number of methoxy groups -OCH3 is 1. The molecule has 4 nitrogen and oxygen atoms in total. The van der Waals surface area contributed by atoms with E-state index in [0.29, 0.717) is 18.6 Å². The number of unbranched alkanes of at least 4 members (excludes halogenated alkanes) is 1. The molecule has 2 atom stereocenters. The summed E-state index contributed by atoms with van der Waals surface area (Å²) in [5.41, 5.74) is 0. The van der Waals surface area contributed by atoms with Crippen LogP contribution < -0.4 is 0 Å². The maximum atomic E-state index is 11.1. The highest BCUT2D eigenvalue weighted by atomic mass is 16.6. The topological polar surface area (TPSA) is 55.8 Å². The molecule has 1 N–H and O–H groups in total. The fraction of sp³-hybridized carbons (Fsp3) is 0.727. The summed E-state index contributed by atoms with van der Waals surface area (Å²) in [7, 11) is 1.51. The lowest BCUT2D eigenvalue weighted by Crippen LogP contribution is -2.34. The van der Waals surface area contributed by atoms with Crippen LogP contribution in [0.3, 0.4) is 0 Å². The maximum absolute atomic E-state index is 11.1. The number of esters is 1. The van der Waals surface area contributed by atoms with Gasteiger partial charge in [0.15, 0.2) is 0 Å². The van der Waals surface area contributed by atoms with Crippen LogP contribution in [0.2, 0.25) is 0 Å². The predicted octanol–water partition coefficient (Wildman–Crippen LogP) is 1.38. The van der Waals surface area contributed by atoms with Crippen molar-refractivity contribution in [2.45, 2.75) is 44.8 Å². The van der Waals surface area contributed by atoms with Crippen molar-refractivity contribution in [3.8, 4) is 0 Å². The lowest BCUT2D eigenvalue weighted by Gasteiger charge is -2.26. The fourth-order valence-corrected chi connectivity index (χ4v) is 1.57. The molecule has 1 aliphatic heterocycles. The summed E-state index contributed by atoms with van der Waals surface area (Å²) in [6, 6.07) is 0. The van der Waals surface area contributed by atoms with Gasteiger partial charge in [0, 0.05) is 6.42 Å². The maximum Gasteiger partial charge on any atom is 0.334 e. The molecule has 0 aromatic rings. The Morgan fingerprint density at radius 1 is 1.73 bits per heavy atom. The van der Waals surface area contributed by atoms with Gasteiger partial charge in [0.2, 0.25) is 0 Å². The molecule has 86 valence electrons. The number of aliphatic hydroxyl groups is 1. The second kappa shape index (κ2) is 5.75. The van der Waals surface area contributed by atoms with Gasteiger partial charge in [-0.25, -0.2) is 4.79 Å². The third-order valence-corrected chi connectivity index (χ3v) is 2.49. The van der Waals surface area contributed by atoms with Gasteiger partial charge < -0.3 is 14.6 Å². The molecule has 0 aromatic carbocycles. The zero-order chi connectivity index (χ0) is 11.3. The van der Waals surface area contributed by atoms with Crippen LogP contribution in [0.1, 0.15) is 32.6 Å². The van der Waals surface area contributed by atoms with Gasteiger partial charge in [0.25, 0.3) is 0 Å².